The summed E-state index contributed by atoms with van der Waals surface area (Å²) >= 11 is 0. The van der Waals surface area contributed by atoms with Gasteiger partial charge < -0.3 is 16.2 Å². The lowest BCUT2D eigenvalue weighted by atomic mass is 10.0. The summed E-state index contributed by atoms with van der Waals surface area (Å²) in [4.78, 5) is 22.2. The van der Waals surface area contributed by atoms with E-state index < -0.39 is 17.9 Å². The fraction of sp³-hybridized carbons (Fsp3) is 0.800. The SMILES string of the molecule is CC(N)C(C)C(=O)NC(C)C(C)C(=O)O. The summed E-state index contributed by atoms with van der Waals surface area (Å²) in [5.74, 6) is -2.04. The van der Waals surface area contributed by atoms with Crippen LogP contribution in [0.2, 0.25) is 0 Å². The highest BCUT2D eigenvalue weighted by molar-refractivity contribution is 5.80. The molecular formula is C10H20N2O3. The van der Waals surface area contributed by atoms with Gasteiger partial charge in [0.15, 0.2) is 0 Å². The zero-order valence-electron chi connectivity index (χ0n) is 9.65. The molecule has 0 aliphatic heterocycles. The first-order chi connectivity index (χ1) is 6.77. The summed E-state index contributed by atoms with van der Waals surface area (Å²) < 4.78 is 0. The molecule has 0 radical (unpaired) electrons. The van der Waals surface area contributed by atoms with E-state index in [2.05, 4.69) is 5.32 Å². The third-order valence-electron chi connectivity index (χ3n) is 2.71. The lowest BCUT2D eigenvalue weighted by Gasteiger charge is -2.21. The third kappa shape index (κ3) is 4.29. The molecule has 0 bridgehead atoms. The Kier molecular flexibility index (Phi) is 5.28. The average molecular weight is 216 g/mol. The molecule has 0 spiro atoms. The zero-order valence-corrected chi connectivity index (χ0v) is 9.65. The minimum Gasteiger partial charge on any atom is -0.481 e. The molecular weight excluding hydrogens is 196 g/mol. The Balaban J connectivity index is 4.24. The van der Waals surface area contributed by atoms with Gasteiger partial charge in [0.2, 0.25) is 5.91 Å². The largest absolute Gasteiger partial charge is 0.481 e. The van der Waals surface area contributed by atoms with E-state index in [-0.39, 0.29) is 17.9 Å². The molecule has 88 valence electrons. The minimum absolute atomic E-state index is 0.203. The number of carbonyl (C=O) groups excluding carboxylic acids is 1. The number of aliphatic carboxylic acids is 1. The van der Waals surface area contributed by atoms with Crippen molar-refractivity contribution >= 4 is 11.9 Å². The number of nitrogens with one attached hydrogen (secondary N) is 1. The highest BCUT2D eigenvalue weighted by Gasteiger charge is 2.24. The highest BCUT2D eigenvalue weighted by Crippen LogP contribution is 2.05. The van der Waals surface area contributed by atoms with Crippen molar-refractivity contribution in [2.75, 3.05) is 0 Å². The highest BCUT2D eigenvalue weighted by atomic mass is 16.4. The van der Waals surface area contributed by atoms with Gasteiger partial charge >= 0.3 is 5.97 Å². The molecule has 15 heavy (non-hydrogen) atoms. The van der Waals surface area contributed by atoms with Crippen LogP contribution in [0.3, 0.4) is 0 Å². The lowest BCUT2D eigenvalue weighted by Crippen LogP contribution is -2.45. The van der Waals surface area contributed by atoms with E-state index in [0.717, 1.165) is 0 Å². The Morgan fingerprint density at radius 3 is 1.93 bits per heavy atom. The predicted molar refractivity (Wildman–Crippen MR) is 57.2 cm³/mol. The molecule has 0 aromatic rings. The second-order valence-electron chi connectivity index (χ2n) is 4.07. The molecule has 4 atom stereocenters. The van der Waals surface area contributed by atoms with E-state index in [4.69, 9.17) is 10.8 Å². The van der Waals surface area contributed by atoms with Crippen LogP contribution in [0.5, 0.6) is 0 Å². The molecule has 0 fully saturated rings. The van der Waals surface area contributed by atoms with E-state index in [9.17, 15) is 9.59 Å². The lowest BCUT2D eigenvalue weighted by molar-refractivity contribution is -0.142. The van der Waals surface area contributed by atoms with E-state index in [1.807, 2.05) is 0 Å². The molecule has 0 aliphatic rings. The molecule has 0 rings (SSSR count). The van der Waals surface area contributed by atoms with Crippen LogP contribution in [-0.4, -0.2) is 29.1 Å². The standard InChI is InChI=1S/C10H20N2O3/c1-5(7(3)11)9(13)12-8(4)6(2)10(14)15/h5-8H,11H2,1-4H3,(H,12,13)(H,14,15). The Morgan fingerprint density at radius 1 is 1.13 bits per heavy atom. The van der Waals surface area contributed by atoms with E-state index >= 15 is 0 Å². The molecule has 4 unspecified atom stereocenters. The first-order valence-electron chi connectivity index (χ1n) is 5.06. The Bertz CT molecular complexity index is 241. The molecule has 0 saturated heterocycles. The van der Waals surface area contributed by atoms with Crippen molar-refractivity contribution < 1.29 is 14.7 Å². The van der Waals surface area contributed by atoms with Gasteiger partial charge in [-0.3, -0.25) is 9.59 Å². The molecule has 0 aromatic carbocycles. The monoisotopic (exact) mass is 216 g/mol. The number of nitrogens with two attached hydrogens (primary N) is 1. The van der Waals surface area contributed by atoms with Crippen LogP contribution in [0.1, 0.15) is 27.7 Å². The van der Waals surface area contributed by atoms with Crippen LogP contribution in [0.15, 0.2) is 0 Å². The Morgan fingerprint density at radius 2 is 1.60 bits per heavy atom. The van der Waals surface area contributed by atoms with Gasteiger partial charge in [0, 0.05) is 18.0 Å². The van der Waals surface area contributed by atoms with Crippen molar-refractivity contribution in [1.29, 1.82) is 0 Å². The number of rotatable bonds is 5. The summed E-state index contributed by atoms with van der Waals surface area (Å²) in [7, 11) is 0. The van der Waals surface area contributed by atoms with E-state index in [0.29, 0.717) is 0 Å². The topological polar surface area (TPSA) is 92.4 Å². The Hall–Kier alpha value is -1.10. The van der Waals surface area contributed by atoms with Crippen LogP contribution in [0, 0.1) is 11.8 Å². The number of carboxylic acid groups (broad SMARTS) is 1. The van der Waals surface area contributed by atoms with Crippen molar-refractivity contribution in [2.24, 2.45) is 17.6 Å². The molecule has 5 nitrogen and oxygen atoms in total. The molecule has 5 heteroatoms. The molecule has 0 saturated carbocycles. The predicted octanol–water partition coefficient (Wildman–Crippen LogP) is 0.195. The normalized spacial score (nSPS) is 18.7. The molecule has 0 aromatic heterocycles. The number of amides is 1. The van der Waals surface area contributed by atoms with Gasteiger partial charge in [-0.25, -0.2) is 0 Å². The van der Waals surface area contributed by atoms with Gasteiger partial charge in [-0.15, -0.1) is 0 Å². The second kappa shape index (κ2) is 5.70. The van der Waals surface area contributed by atoms with Crippen LogP contribution < -0.4 is 11.1 Å². The average Bonchev–Trinajstić information content (AvgIpc) is 2.14. The number of hydrogen-bond donors (Lipinski definition) is 3. The van der Waals surface area contributed by atoms with Crippen molar-refractivity contribution in [3.8, 4) is 0 Å². The van der Waals surface area contributed by atoms with Crippen LogP contribution >= 0.6 is 0 Å². The quantitative estimate of drug-likeness (QED) is 0.612. The first kappa shape index (κ1) is 13.9. The third-order valence-corrected chi connectivity index (χ3v) is 2.71. The fourth-order valence-corrected chi connectivity index (χ4v) is 0.933. The molecule has 0 heterocycles. The smallest absolute Gasteiger partial charge is 0.308 e. The number of hydrogen-bond acceptors (Lipinski definition) is 3. The van der Waals surface area contributed by atoms with Crippen molar-refractivity contribution in [1.82, 2.24) is 5.32 Å². The van der Waals surface area contributed by atoms with Gasteiger partial charge in [0.25, 0.3) is 0 Å². The van der Waals surface area contributed by atoms with Crippen molar-refractivity contribution in [3.63, 3.8) is 0 Å². The fourth-order valence-electron chi connectivity index (χ4n) is 0.933. The zero-order chi connectivity index (χ0) is 12.2. The van der Waals surface area contributed by atoms with Gasteiger partial charge in [-0.1, -0.05) is 6.92 Å². The summed E-state index contributed by atoms with van der Waals surface area (Å²) in [6.07, 6.45) is 0. The molecule has 4 N–H and O–H groups in total. The van der Waals surface area contributed by atoms with Gasteiger partial charge in [-0.05, 0) is 20.8 Å². The summed E-state index contributed by atoms with van der Waals surface area (Å²) in [6.45, 7) is 6.70. The maximum atomic E-state index is 11.5. The summed E-state index contributed by atoms with van der Waals surface area (Å²) in [6, 6.07) is -0.631. The van der Waals surface area contributed by atoms with Crippen LogP contribution in [0.4, 0.5) is 0 Å². The minimum atomic E-state index is -0.920. The van der Waals surface area contributed by atoms with Gasteiger partial charge in [-0.2, -0.15) is 0 Å². The molecule has 1 amide bonds. The van der Waals surface area contributed by atoms with Gasteiger partial charge in [0.05, 0.1) is 5.92 Å². The van der Waals surface area contributed by atoms with Crippen LogP contribution in [-0.2, 0) is 9.59 Å². The number of carboxylic acids is 1. The van der Waals surface area contributed by atoms with Crippen molar-refractivity contribution in [3.05, 3.63) is 0 Å². The molecule has 0 aliphatic carbocycles. The maximum absolute atomic E-state index is 11.5. The van der Waals surface area contributed by atoms with Crippen molar-refractivity contribution in [2.45, 2.75) is 39.8 Å². The second-order valence-corrected chi connectivity index (χ2v) is 4.07. The summed E-state index contributed by atoms with van der Waals surface area (Å²) in [5, 5.41) is 11.4. The van der Waals surface area contributed by atoms with E-state index in [1.54, 1.807) is 27.7 Å². The van der Waals surface area contributed by atoms with Gasteiger partial charge in [0.1, 0.15) is 0 Å². The van der Waals surface area contributed by atoms with Crippen LogP contribution in [0.25, 0.3) is 0 Å². The number of carbonyl (C=O) groups is 2. The summed E-state index contributed by atoms with van der Waals surface area (Å²) in [5.41, 5.74) is 5.57. The first-order valence-corrected chi connectivity index (χ1v) is 5.06. The maximum Gasteiger partial charge on any atom is 0.308 e. The van der Waals surface area contributed by atoms with E-state index in [1.165, 1.54) is 0 Å². The Labute approximate surface area is 90.0 Å².